The van der Waals surface area contributed by atoms with E-state index in [0.29, 0.717) is 5.56 Å². The minimum Gasteiger partial charge on any atom is -0.277 e. The summed E-state index contributed by atoms with van der Waals surface area (Å²) in [6, 6.07) is 8.55. The van der Waals surface area contributed by atoms with Crippen molar-refractivity contribution in [1.82, 2.24) is 0 Å². The number of rotatable bonds is 2. The molecule has 0 bridgehead atoms. The second kappa shape index (κ2) is 4.50. The fraction of sp³-hybridized carbons (Fsp3) is 0.222. The first-order chi connectivity index (χ1) is 6.50. The topological polar surface area (TPSA) is 17.1 Å². The van der Waals surface area contributed by atoms with Crippen molar-refractivity contribution in [3.63, 3.8) is 0 Å². The highest BCUT2D eigenvalue weighted by Gasteiger charge is 2.38. The predicted octanol–water partition coefficient (Wildman–Crippen LogP) is 3.01. The van der Waals surface area contributed by atoms with Crippen LogP contribution in [-0.4, -0.2) is 11.3 Å². The van der Waals surface area contributed by atoms with Gasteiger partial charge in [0.15, 0.2) is 0 Å². The van der Waals surface area contributed by atoms with Crippen molar-refractivity contribution in [2.45, 2.75) is 11.9 Å². The van der Waals surface area contributed by atoms with Gasteiger partial charge >= 0.3 is 6.18 Å². The molecule has 0 aliphatic carbocycles. The predicted molar refractivity (Wildman–Crippen MR) is 48.8 cm³/mol. The quantitative estimate of drug-likeness (QED) is 0.762. The molecule has 0 N–H and O–H groups in total. The lowest BCUT2D eigenvalue weighted by molar-refractivity contribution is -0.160. The fourth-order valence-electron chi connectivity index (χ4n) is 0.805. The van der Waals surface area contributed by atoms with Gasteiger partial charge < -0.3 is 0 Å². The summed E-state index contributed by atoms with van der Waals surface area (Å²) < 4.78 is 35.3. The Morgan fingerprint density at radius 2 is 1.79 bits per heavy atom. The van der Waals surface area contributed by atoms with E-state index in [4.69, 9.17) is 0 Å². The van der Waals surface area contributed by atoms with Gasteiger partial charge in [0.05, 0.1) is 0 Å². The van der Waals surface area contributed by atoms with Crippen LogP contribution in [0.1, 0.15) is 5.56 Å². The van der Waals surface area contributed by atoms with Crippen molar-refractivity contribution in [3.8, 4) is 0 Å². The lowest BCUT2D eigenvalue weighted by atomic mass is 10.2. The third kappa shape index (κ3) is 3.41. The van der Waals surface area contributed by atoms with Gasteiger partial charge in [0.25, 0.3) is 5.12 Å². The SMILES string of the molecule is O=C(SCc1ccccc1)C(F)(F)F. The van der Waals surface area contributed by atoms with Crippen molar-refractivity contribution in [3.05, 3.63) is 35.9 Å². The molecule has 76 valence electrons. The van der Waals surface area contributed by atoms with Gasteiger partial charge in [-0.2, -0.15) is 13.2 Å². The molecule has 1 aromatic carbocycles. The van der Waals surface area contributed by atoms with Gasteiger partial charge in [-0.05, 0) is 5.56 Å². The molecule has 0 aliphatic rings. The summed E-state index contributed by atoms with van der Waals surface area (Å²) in [5, 5.41) is -1.75. The van der Waals surface area contributed by atoms with E-state index in [2.05, 4.69) is 0 Å². The molecule has 5 heteroatoms. The Kier molecular flexibility index (Phi) is 3.57. The van der Waals surface area contributed by atoms with E-state index in [1.807, 2.05) is 0 Å². The smallest absolute Gasteiger partial charge is 0.277 e. The van der Waals surface area contributed by atoms with Crippen LogP contribution in [-0.2, 0) is 10.5 Å². The average Bonchev–Trinajstić information content (AvgIpc) is 2.14. The molecule has 0 fully saturated rings. The molecule has 0 aromatic heterocycles. The number of halogens is 3. The highest BCUT2D eigenvalue weighted by molar-refractivity contribution is 8.13. The monoisotopic (exact) mass is 220 g/mol. The van der Waals surface area contributed by atoms with Crippen LogP contribution in [0.4, 0.5) is 13.2 Å². The third-order valence-corrected chi connectivity index (χ3v) is 2.42. The van der Waals surface area contributed by atoms with Crippen LogP contribution in [0.3, 0.4) is 0 Å². The van der Waals surface area contributed by atoms with Crippen LogP contribution in [0, 0.1) is 0 Å². The van der Waals surface area contributed by atoms with Gasteiger partial charge in [-0.25, -0.2) is 0 Å². The molecule has 0 amide bonds. The molecule has 1 rings (SSSR count). The highest BCUT2D eigenvalue weighted by Crippen LogP contribution is 2.25. The maximum atomic E-state index is 11.8. The molecule has 14 heavy (non-hydrogen) atoms. The Hall–Kier alpha value is -0.970. The maximum absolute atomic E-state index is 11.8. The van der Waals surface area contributed by atoms with E-state index in [1.165, 1.54) is 0 Å². The molecular weight excluding hydrogens is 213 g/mol. The Bertz CT molecular complexity index is 308. The Balaban J connectivity index is 2.46. The molecule has 1 aromatic rings. The van der Waals surface area contributed by atoms with E-state index in [-0.39, 0.29) is 17.5 Å². The van der Waals surface area contributed by atoms with E-state index in [1.54, 1.807) is 30.3 Å². The van der Waals surface area contributed by atoms with Crippen LogP contribution < -0.4 is 0 Å². The highest BCUT2D eigenvalue weighted by atomic mass is 32.2. The summed E-state index contributed by atoms with van der Waals surface area (Å²) >= 11 is 0.273. The summed E-state index contributed by atoms with van der Waals surface area (Å²) in [5.41, 5.74) is 0.704. The molecule has 0 radical (unpaired) electrons. The Labute approximate surface area is 83.3 Å². The Morgan fingerprint density at radius 1 is 1.21 bits per heavy atom. The summed E-state index contributed by atoms with van der Waals surface area (Å²) in [4.78, 5) is 10.5. The summed E-state index contributed by atoms with van der Waals surface area (Å²) in [6.07, 6.45) is -4.74. The number of hydrogen-bond donors (Lipinski definition) is 0. The van der Waals surface area contributed by atoms with E-state index < -0.39 is 11.3 Å². The molecular formula is C9H7F3OS. The zero-order valence-electron chi connectivity index (χ0n) is 7.04. The van der Waals surface area contributed by atoms with Crippen LogP contribution in [0.25, 0.3) is 0 Å². The van der Waals surface area contributed by atoms with Gasteiger partial charge in [0, 0.05) is 5.75 Å². The van der Waals surface area contributed by atoms with Gasteiger partial charge in [-0.1, -0.05) is 42.1 Å². The molecule has 1 nitrogen and oxygen atoms in total. The average molecular weight is 220 g/mol. The second-order valence-electron chi connectivity index (χ2n) is 2.56. The maximum Gasteiger partial charge on any atom is 0.460 e. The third-order valence-electron chi connectivity index (χ3n) is 1.44. The van der Waals surface area contributed by atoms with Crippen molar-refractivity contribution in [2.75, 3.05) is 0 Å². The van der Waals surface area contributed by atoms with Crippen LogP contribution in [0.15, 0.2) is 30.3 Å². The number of benzene rings is 1. The van der Waals surface area contributed by atoms with Crippen LogP contribution >= 0.6 is 11.8 Å². The lowest BCUT2D eigenvalue weighted by Crippen LogP contribution is -2.19. The van der Waals surface area contributed by atoms with Crippen LogP contribution in [0.5, 0.6) is 0 Å². The largest absolute Gasteiger partial charge is 0.460 e. The minimum atomic E-state index is -4.74. The molecule has 0 saturated carbocycles. The van der Waals surface area contributed by atoms with E-state index in [0.717, 1.165) is 0 Å². The standard InChI is InChI=1S/C9H7F3OS/c10-9(11,12)8(13)14-6-7-4-2-1-3-5-7/h1-5H,6H2. The van der Waals surface area contributed by atoms with Gasteiger partial charge in [-0.15, -0.1) is 0 Å². The second-order valence-corrected chi connectivity index (χ2v) is 3.51. The molecule has 0 atom stereocenters. The minimum absolute atomic E-state index is 0.0547. The zero-order chi connectivity index (χ0) is 10.6. The van der Waals surface area contributed by atoms with Crippen molar-refractivity contribution >= 4 is 16.9 Å². The molecule has 0 aliphatic heterocycles. The van der Waals surface area contributed by atoms with Gasteiger partial charge in [0.1, 0.15) is 0 Å². The number of thioether (sulfide) groups is 1. The van der Waals surface area contributed by atoms with Crippen molar-refractivity contribution < 1.29 is 18.0 Å². The van der Waals surface area contributed by atoms with Gasteiger partial charge in [0.2, 0.25) is 0 Å². The summed E-state index contributed by atoms with van der Waals surface area (Å²) in [7, 11) is 0. The molecule has 0 spiro atoms. The van der Waals surface area contributed by atoms with Crippen LogP contribution in [0.2, 0.25) is 0 Å². The number of alkyl halides is 3. The zero-order valence-corrected chi connectivity index (χ0v) is 7.86. The normalized spacial score (nSPS) is 11.4. The van der Waals surface area contributed by atoms with Gasteiger partial charge in [-0.3, -0.25) is 4.79 Å². The van der Waals surface area contributed by atoms with E-state index in [9.17, 15) is 18.0 Å². The fourth-order valence-corrected chi connectivity index (χ4v) is 1.46. The number of hydrogen-bond acceptors (Lipinski definition) is 2. The van der Waals surface area contributed by atoms with Crippen molar-refractivity contribution in [1.29, 1.82) is 0 Å². The molecule has 0 saturated heterocycles. The molecule has 0 heterocycles. The lowest BCUT2D eigenvalue weighted by Gasteiger charge is -2.03. The first-order valence-corrected chi connectivity index (χ1v) is 4.76. The number of carbonyl (C=O) groups excluding carboxylic acids is 1. The summed E-state index contributed by atoms with van der Waals surface area (Å²) in [5.74, 6) is 0.0547. The van der Waals surface area contributed by atoms with E-state index >= 15 is 0 Å². The number of carbonyl (C=O) groups is 1. The summed E-state index contributed by atoms with van der Waals surface area (Å²) in [6.45, 7) is 0. The van der Waals surface area contributed by atoms with Crippen molar-refractivity contribution in [2.24, 2.45) is 0 Å². The first kappa shape index (κ1) is 11.1. The molecule has 0 unspecified atom stereocenters. The Morgan fingerprint density at radius 3 is 2.29 bits per heavy atom. The first-order valence-electron chi connectivity index (χ1n) is 3.78.